The first kappa shape index (κ1) is 14.9. The lowest BCUT2D eigenvalue weighted by Crippen LogP contribution is -2.61. The van der Waals surface area contributed by atoms with Crippen LogP contribution >= 0.6 is 0 Å². The summed E-state index contributed by atoms with van der Waals surface area (Å²) in [5, 5.41) is 3.56. The van der Waals surface area contributed by atoms with Gasteiger partial charge in [0.05, 0.1) is 0 Å². The molecule has 1 fully saturated rings. The summed E-state index contributed by atoms with van der Waals surface area (Å²) in [5.74, 6) is 1.01. The number of fused-ring (bicyclic) bond motifs is 1. The standard InChI is InChI=1S/C18H27NO2/c1-3-10-19-16-12-17(18(16)20-4-2)21-15-9-8-13-6-5-7-14(13)11-15/h8-9,11,16-19H,3-7,10,12H2,1-2H3. The van der Waals surface area contributed by atoms with Gasteiger partial charge in [-0.1, -0.05) is 13.0 Å². The summed E-state index contributed by atoms with van der Waals surface area (Å²) in [6.07, 6.45) is 6.30. The van der Waals surface area contributed by atoms with E-state index in [1.165, 1.54) is 30.4 Å². The van der Waals surface area contributed by atoms with Gasteiger partial charge in [0.1, 0.15) is 18.0 Å². The van der Waals surface area contributed by atoms with Crippen LogP contribution in [-0.2, 0) is 17.6 Å². The first-order valence-corrected chi connectivity index (χ1v) is 8.45. The first-order valence-electron chi connectivity index (χ1n) is 8.45. The van der Waals surface area contributed by atoms with Crippen LogP contribution in [0.15, 0.2) is 18.2 Å². The van der Waals surface area contributed by atoms with Crippen molar-refractivity contribution in [2.24, 2.45) is 0 Å². The molecule has 2 aliphatic carbocycles. The van der Waals surface area contributed by atoms with Crippen LogP contribution in [-0.4, -0.2) is 31.4 Å². The van der Waals surface area contributed by atoms with Crippen molar-refractivity contribution in [1.82, 2.24) is 5.32 Å². The maximum absolute atomic E-state index is 6.19. The predicted octanol–water partition coefficient (Wildman–Crippen LogP) is 3.10. The molecule has 0 heterocycles. The summed E-state index contributed by atoms with van der Waals surface area (Å²) in [7, 11) is 0. The molecular weight excluding hydrogens is 262 g/mol. The topological polar surface area (TPSA) is 30.5 Å². The molecule has 0 radical (unpaired) electrons. The van der Waals surface area contributed by atoms with Crippen LogP contribution in [0.1, 0.15) is 44.2 Å². The molecule has 1 aromatic carbocycles. The fourth-order valence-corrected chi connectivity index (χ4v) is 3.44. The van der Waals surface area contributed by atoms with Gasteiger partial charge in [0, 0.05) is 19.1 Å². The summed E-state index contributed by atoms with van der Waals surface area (Å²) in [6.45, 7) is 6.06. The Balaban J connectivity index is 1.59. The van der Waals surface area contributed by atoms with E-state index in [1.807, 2.05) is 0 Å². The second kappa shape index (κ2) is 6.80. The third-order valence-corrected chi connectivity index (χ3v) is 4.62. The number of benzene rings is 1. The Morgan fingerprint density at radius 2 is 2.05 bits per heavy atom. The third-order valence-electron chi connectivity index (χ3n) is 4.62. The largest absolute Gasteiger partial charge is 0.488 e. The molecule has 3 rings (SSSR count). The van der Waals surface area contributed by atoms with E-state index < -0.39 is 0 Å². The van der Waals surface area contributed by atoms with E-state index in [1.54, 1.807) is 0 Å². The number of hydrogen-bond donors (Lipinski definition) is 1. The molecular formula is C18H27NO2. The van der Waals surface area contributed by atoms with Gasteiger partial charge >= 0.3 is 0 Å². The molecule has 1 saturated carbocycles. The van der Waals surface area contributed by atoms with Gasteiger partial charge < -0.3 is 14.8 Å². The molecule has 1 N–H and O–H groups in total. The number of ether oxygens (including phenoxy) is 2. The third kappa shape index (κ3) is 3.24. The molecule has 2 aliphatic rings. The minimum atomic E-state index is 0.190. The molecule has 21 heavy (non-hydrogen) atoms. The zero-order chi connectivity index (χ0) is 14.7. The van der Waals surface area contributed by atoms with E-state index in [0.717, 1.165) is 31.7 Å². The van der Waals surface area contributed by atoms with E-state index in [-0.39, 0.29) is 12.2 Å². The summed E-state index contributed by atoms with van der Waals surface area (Å²) < 4.78 is 12.1. The van der Waals surface area contributed by atoms with Crippen LogP contribution < -0.4 is 10.1 Å². The van der Waals surface area contributed by atoms with Crippen molar-refractivity contribution < 1.29 is 9.47 Å². The second-order valence-corrected chi connectivity index (χ2v) is 6.16. The van der Waals surface area contributed by atoms with Gasteiger partial charge in [-0.3, -0.25) is 0 Å². The van der Waals surface area contributed by atoms with Crippen LogP contribution in [0, 0.1) is 0 Å². The highest BCUT2D eigenvalue weighted by atomic mass is 16.5. The Labute approximate surface area is 128 Å². The van der Waals surface area contributed by atoms with Crippen molar-refractivity contribution in [3.8, 4) is 5.75 Å². The monoisotopic (exact) mass is 289 g/mol. The minimum Gasteiger partial charge on any atom is -0.488 e. The van der Waals surface area contributed by atoms with Gasteiger partial charge in [0.2, 0.25) is 0 Å². The highest BCUT2D eigenvalue weighted by Crippen LogP contribution is 2.32. The molecule has 0 saturated heterocycles. The maximum atomic E-state index is 6.19. The highest BCUT2D eigenvalue weighted by Gasteiger charge is 2.43. The second-order valence-electron chi connectivity index (χ2n) is 6.16. The van der Waals surface area contributed by atoms with Crippen molar-refractivity contribution in [1.29, 1.82) is 0 Å². The fourth-order valence-electron chi connectivity index (χ4n) is 3.44. The minimum absolute atomic E-state index is 0.190. The quantitative estimate of drug-likeness (QED) is 0.836. The van der Waals surface area contributed by atoms with Crippen LogP contribution in [0.25, 0.3) is 0 Å². The van der Waals surface area contributed by atoms with Crippen LogP contribution in [0.2, 0.25) is 0 Å². The molecule has 0 aliphatic heterocycles. The number of aryl methyl sites for hydroxylation is 2. The molecule has 0 bridgehead atoms. The van der Waals surface area contributed by atoms with Gasteiger partial charge in [-0.05, 0) is 62.4 Å². The lowest BCUT2D eigenvalue weighted by molar-refractivity contribution is -0.104. The predicted molar refractivity (Wildman–Crippen MR) is 85.0 cm³/mol. The number of hydrogen-bond acceptors (Lipinski definition) is 3. The first-order chi connectivity index (χ1) is 10.3. The Bertz CT molecular complexity index is 474. The smallest absolute Gasteiger partial charge is 0.128 e. The van der Waals surface area contributed by atoms with Crippen LogP contribution in [0.5, 0.6) is 5.75 Å². The molecule has 0 aromatic heterocycles. The SMILES string of the molecule is CCCNC1CC(Oc2ccc3c(c2)CCC3)C1OCC. The highest BCUT2D eigenvalue weighted by molar-refractivity contribution is 5.38. The van der Waals surface area contributed by atoms with E-state index in [0.29, 0.717) is 6.04 Å². The van der Waals surface area contributed by atoms with Crippen LogP contribution in [0.3, 0.4) is 0 Å². The Hall–Kier alpha value is -1.06. The number of rotatable bonds is 7. The average molecular weight is 289 g/mol. The summed E-state index contributed by atoms with van der Waals surface area (Å²) in [6, 6.07) is 7.04. The molecule has 1 aromatic rings. The van der Waals surface area contributed by atoms with Gasteiger partial charge in [0.25, 0.3) is 0 Å². The molecule has 0 amide bonds. The lowest BCUT2D eigenvalue weighted by atomic mass is 9.85. The van der Waals surface area contributed by atoms with Crippen molar-refractivity contribution in [3.63, 3.8) is 0 Å². The molecule has 3 atom stereocenters. The Kier molecular flexibility index (Phi) is 4.81. The molecule has 3 unspecified atom stereocenters. The Morgan fingerprint density at radius 3 is 2.86 bits per heavy atom. The van der Waals surface area contributed by atoms with Crippen molar-refractivity contribution >= 4 is 0 Å². The maximum Gasteiger partial charge on any atom is 0.128 e. The fraction of sp³-hybridized carbons (Fsp3) is 0.667. The molecule has 116 valence electrons. The van der Waals surface area contributed by atoms with Gasteiger partial charge in [0.15, 0.2) is 0 Å². The zero-order valence-corrected chi connectivity index (χ0v) is 13.2. The summed E-state index contributed by atoms with van der Waals surface area (Å²) >= 11 is 0. The summed E-state index contributed by atoms with van der Waals surface area (Å²) in [4.78, 5) is 0. The molecule has 3 heteroatoms. The van der Waals surface area contributed by atoms with Crippen LogP contribution in [0.4, 0.5) is 0 Å². The zero-order valence-electron chi connectivity index (χ0n) is 13.2. The van der Waals surface area contributed by atoms with Gasteiger partial charge in [-0.15, -0.1) is 0 Å². The molecule has 0 spiro atoms. The normalized spacial score (nSPS) is 27.2. The Morgan fingerprint density at radius 1 is 1.19 bits per heavy atom. The average Bonchev–Trinajstić information content (AvgIpc) is 2.95. The summed E-state index contributed by atoms with van der Waals surface area (Å²) in [5.41, 5.74) is 2.97. The van der Waals surface area contributed by atoms with Crippen molar-refractivity contribution in [2.75, 3.05) is 13.2 Å². The van der Waals surface area contributed by atoms with Crippen molar-refractivity contribution in [3.05, 3.63) is 29.3 Å². The van der Waals surface area contributed by atoms with E-state index in [2.05, 4.69) is 37.4 Å². The van der Waals surface area contributed by atoms with Crippen molar-refractivity contribution in [2.45, 2.75) is 64.2 Å². The lowest BCUT2D eigenvalue weighted by Gasteiger charge is -2.44. The van der Waals surface area contributed by atoms with E-state index >= 15 is 0 Å². The van der Waals surface area contributed by atoms with E-state index in [4.69, 9.17) is 9.47 Å². The van der Waals surface area contributed by atoms with Gasteiger partial charge in [-0.25, -0.2) is 0 Å². The van der Waals surface area contributed by atoms with Gasteiger partial charge in [-0.2, -0.15) is 0 Å². The number of nitrogens with one attached hydrogen (secondary N) is 1. The molecule has 3 nitrogen and oxygen atoms in total. The van der Waals surface area contributed by atoms with E-state index in [9.17, 15) is 0 Å².